The molecule has 108 valence electrons. The van der Waals surface area contributed by atoms with Gasteiger partial charge in [-0.25, -0.2) is 9.48 Å². The fraction of sp³-hybridized carbons (Fsp3) is 0.545. The molecular formula is C11H16N6O3. The van der Waals surface area contributed by atoms with Gasteiger partial charge in [0.2, 0.25) is 0 Å². The highest BCUT2D eigenvalue weighted by atomic mass is 16.5. The third-order valence-corrected chi connectivity index (χ3v) is 2.97. The summed E-state index contributed by atoms with van der Waals surface area (Å²) in [6.07, 6.45) is 0. The summed E-state index contributed by atoms with van der Waals surface area (Å²) in [7, 11) is 4.69. The van der Waals surface area contributed by atoms with E-state index in [1.165, 1.54) is 14.2 Å². The van der Waals surface area contributed by atoms with Crippen LogP contribution in [0.25, 0.3) is 0 Å². The van der Waals surface area contributed by atoms with E-state index in [4.69, 9.17) is 4.74 Å². The fourth-order valence-corrected chi connectivity index (χ4v) is 1.72. The molecule has 2 heterocycles. The summed E-state index contributed by atoms with van der Waals surface area (Å²) >= 11 is 0. The van der Waals surface area contributed by atoms with E-state index in [0.29, 0.717) is 18.1 Å². The van der Waals surface area contributed by atoms with Crippen LogP contribution in [0.2, 0.25) is 0 Å². The molecule has 2 aromatic heterocycles. The van der Waals surface area contributed by atoms with Crippen LogP contribution in [-0.4, -0.2) is 49.9 Å². The number of nitrogens with zero attached hydrogens (tertiary/aromatic N) is 6. The number of aryl methyl sites for hydroxylation is 1. The SMILES string of the molecule is COCc1c(C(=O)OC)nnn1Cc1nnc(C)n1C. The molecule has 2 rings (SSSR count). The van der Waals surface area contributed by atoms with Gasteiger partial charge in [-0.1, -0.05) is 5.21 Å². The first-order valence-corrected chi connectivity index (χ1v) is 5.93. The summed E-state index contributed by atoms with van der Waals surface area (Å²) in [5.41, 5.74) is 0.688. The average molecular weight is 280 g/mol. The number of hydrogen-bond acceptors (Lipinski definition) is 7. The van der Waals surface area contributed by atoms with Gasteiger partial charge in [0.15, 0.2) is 11.5 Å². The molecule has 0 unspecified atom stereocenters. The van der Waals surface area contributed by atoms with Gasteiger partial charge in [-0.3, -0.25) is 0 Å². The molecule has 0 bridgehead atoms. The molecule has 2 aromatic rings. The number of carbonyl (C=O) groups is 1. The van der Waals surface area contributed by atoms with E-state index in [-0.39, 0.29) is 12.3 Å². The molecule has 0 aromatic carbocycles. The smallest absolute Gasteiger partial charge is 0.360 e. The van der Waals surface area contributed by atoms with E-state index in [9.17, 15) is 4.79 Å². The molecule has 9 nitrogen and oxygen atoms in total. The van der Waals surface area contributed by atoms with Crippen LogP contribution in [0.15, 0.2) is 0 Å². The maximum atomic E-state index is 11.6. The van der Waals surface area contributed by atoms with Gasteiger partial charge in [-0.05, 0) is 6.92 Å². The average Bonchev–Trinajstić information content (AvgIpc) is 2.98. The molecule has 0 aliphatic rings. The second-order valence-electron chi connectivity index (χ2n) is 4.19. The number of hydrogen-bond donors (Lipinski definition) is 0. The lowest BCUT2D eigenvalue weighted by Crippen LogP contribution is -2.13. The van der Waals surface area contributed by atoms with Crippen LogP contribution in [0.3, 0.4) is 0 Å². The predicted octanol–water partition coefficient (Wildman–Crippen LogP) is -0.304. The number of rotatable bonds is 5. The van der Waals surface area contributed by atoms with Crippen molar-refractivity contribution in [1.82, 2.24) is 29.8 Å². The lowest BCUT2D eigenvalue weighted by molar-refractivity contribution is 0.0588. The van der Waals surface area contributed by atoms with Crippen LogP contribution in [0.5, 0.6) is 0 Å². The molecule has 9 heteroatoms. The summed E-state index contributed by atoms with van der Waals surface area (Å²) in [6.45, 7) is 2.40. The Morgan fingerprint density at radius 3 is 2.55 bits per heavy atom. The molecule has 0 radical (unpaired) electrons. The van der Waals surface area contributed by atoms with E-state index < -0.39 is 5.97 Å². The largest absolute Gasteiger partial charge is 0.464 e. The van der Waals surface area contributed by atoms with Crippen LogP contribution in [0.4, 0.5) is 0 Å². The van der Waals surface area contributed by atoms with Crippen LogP contribution in [-0.2, 0) is 29.7 Å². The summed E-state index contributed by atoms with van der Waals surface area (Å²) in [5.74, 6) is 0.959. The zero-order chi connectivity index (χ0) is 14.7. The van der Waals surface area contributed by atoms with Crippen molar-refractivity contribution in [2.24, 2.45) is 7.05 Å². The molecule has 0 amide bonds. The van der Waals surface area contributed by atoms with Crippen molar-refractivity contribution >= 4 is 5.97 Å². The lowest BCUT2D eigenvalue weighted by Gasteiger charge is -2.06. The highest BCUT2D eigenvalue weighted by molar-refractivity contribution is 5.88. The van der Waals surface area contributed by atoms with Crippen LogP contribution in [0, 0.1) is 6.92 Å². The molecule has 20 heavy (non-hydrogen) atoms. The molecular weight excluding hydrogens is 264 g/mol. The van der Waals surface area contributed by atoms with Crippen molar-refractivity contribution < 1.29 is 14.3 Å². The molecule has 0 saturated heterocycles. The van der Waals surface area contributed by atoms with Gasteiger partial charge < -0.3 is 14.0 Å². The fourth-order valence-electron chi connectivity index (χ4n) is 1.72. The third-order valence-electron chi connectivity index (χ3n) is 2.97. The van der Waals surface area contributed by atoms with E-state index in [1.54, 1.807) is 4.68 Å². The Hall–Kier alpha value is -2.29. The van der Waals surface area contributed by atoms with E-state index in [0.717, 1.165) is 5.82 Å². The summed E-state index contributed by atoms with van der Waals surface area (Å²) in [6, 6.07) is 0. The maximum Gasteiger partial charge on any atom is 0.360 e. The molecule has 0 spiro atoms. The van der Waals surface area contributed by atoms with Gasteiger partial charge in [0, 0.05) is 14.2 Å². The summed E-state index contributed by atoms with van der Waals surface area (Å²) in [4.78, 5) is 11.6. The Bertz CT molecular complexity index is 618. The van der Waals surface area contributed by atoms with Crippen molar-refractivity contribution in [3.63, 3.8) is 0 Å². The Balaban J connectivity index is 2.34. The van der Waals surface area contributed by atoms with Crippen LogP contribution >= 0.6 is 0 Å². The Morgan fingerprint density at radius 2 is 2.00 bits per heavy atom. The highest BCUT2D eigenvalue weighted by Crippen LogP contribution is 2.10. The number of carbonyl (C=O) groups excluding carboxylic acids is 1. The highest BCUT2D eigenvalue weighted by Gasteiger charge is 2.21. The zero-order valence-electron chi connectivity index (χ0n) is 11.8. The lowest BCUT2D eigenvalue weighted by atomic mass is 10.3. The first-order valence-electron chi connectivity index (χ1n) is 5.93. The number of aromatic nitrogens is 6. The Labute approximate surface area is 115 Å². The maximum absolute atomic E-state index is 11.6. The van der Waals surface area contributed by atoms with Crippen molar-refractivity contribution in [3.05, 3.63) is 23.0 Å². The number of methoxy groups -OCH3 is 2. The van der Waals surface area contributed by atoms with Crippen molar-refractivity contribution in [2.45, 2.75) is 20.1 Å². The minimum atomic E-state index is -0.544. The molecule has 0 atom stereocenters. The number of esters is 1. The van der Waals surface area contributed by atoms with Crippen molar-refractivity contribution in [2.75, 3.05) is 14.2 Å². The molecule has 0 fully saturated rings. The standard InChI is InChI=1S/C11H16N6O3/c1-7-12-13-9(16(7)2)5-17-8(6-19-3)10(14-15-17)11(18)20-4/h5-6H2,1-4H3. The Morgan fingerprint density at radius 1 is 1.25 bits per heavy atom. The molecule has 0 N–H and O–H groups in total. The molecule has 0 aliphatic carbocycles. The first kappa shape index (κ1) is 14.1. The van der Waals surface area contributed by atoms with Crippen LogP contribution < -0.4 is 0 Å². The first-order chi connectivity index (χ1) is 9.58. The van der Waals surface area contributed by atoms with Gasteiger partial charge in [-0.2, -0.15) is 0 Å². The predicted molar refractivity (Wildman–Crippen MR) is 66.9 cm³/mol. The van der Waals surface area contributed by atoms with Crippen molar-refractivity contribution in [1.29, 1.82) is 0 Å². The zero-order valence-corrected chi connectivity index (χ0v) is 11.8. The van der Waals surface area contributed by atoms with Crippen molar-refractivity contribution in [3.8, 4) is 0 Å². The molecule has 0 saturated carbocycles. The van der Waals surface area contributed by atoms with Gasteiger partial charge in [0.25, 0.3) is 0 Å². The summed E-state index contributed by atoms with van der Waals surface area (Å²) < 4.78 is 13.2. The Kier molecular flexibility index (Phi) is 4.08. The van der Waals surface area contributed by atoms with Crippen LogP contribution in [0.1, 0.15) is 27.8 Å². The van der Waals surface area contributed by atoms with Gasteiger partial charge in [0.05, 0.1) is 19.4 Å². The van der Waals surface area contributed by atoms with Gasteiger partial charge >= 0.3 is 5.97 Å². The van der Waals surface area contributed by atoms with E-state index >= 15 is 0 Å². The second-order valence-corrected chi connectivity index (χ2v) is 4.19. The van der Waals surface area contributed by atoms with E-state index in [1.807, 2.05) is 18.5 Å². The monoisotopic (exact) mass is 280 g/mol. The van der Waals surface area contributed by atoms with Gasteiger partial charge in [-0.15, -0.1) is 15.3 Å². The normalized spacial score (nSPS) is 10.8. The summed E-state index contributed by atoms with van der Waals surface area (Å²) in [5, 5.41) is 15.8. The minimum absolute atomic E-state index is 0.147. The second kappa shape index (κ2) is 5.78. The quantitative estimate of drug-likeness (QED) is 0.693. The topological polar surface area (TPSA) is 97.0 Å². The van der Waals surface area contributed by atoms with Gasteiger partial charge in [0.1, 0.15) is 12.4 Å². The minimum Gasteiger partial charge on any atom is -0.464 e. The third kappa shape index (κ3) is 2.52. The number of ether oxygens (including phenoxy) is 2. The molecule has 0 aliphatic heterocycles. The van der Waals surface area contributed by atoms with E-state index in [2.05, 4.69) is 25.2 Å².